The van der Waals surface area contributed by atoms with Gasteiger partial charge >= 0.3 is 0 Å². The zero-order valence-corrected chi connectivity index (χ0v) is 8.52. The molecule has 0 spiro atoms. The summed E-state index contributed by atoms with van der Waals surface area (Å²) in [5, 5.41) is 9.42. The first-order valence-electron chi connectivity index (χ1n) is 4.34. The SMILES string of the molecule is OCc1ncccc1-c1nccnc1Cl. The van der Waals surface area contributed by atoms with E-state index in [0.717, 1.165) is 0 Å². The summed E-state index contributed by atoms with van der Waals surface area (Å²) in [7, 11) is 0. The van der Waals surface area contributed by atoms with Gasteiger partial charge in [-0.2, -0.15) is 0 Å². The number of rotatable bonds is 2. The van der Waals surface area contributed by atoms with Crippen LogP contribution >= 0.6 is 11.6 Å². The number of aromatic nitrogens is 3. The molecule has 0 fully saturated rings. The van der Waals surface area contributed by atoms with Crippen molar-refractivity contribution in [1.29, 1.82) is 0 Å². The fourth-order valence-corrected chi connectivity index (χ4v) is 1.49. The van der Waals surface area contributed by atoms with Crippen LogP contribution in [0.5, 0.6) is 0 Å². The highest BCUT2D eigenvalue weighted by molar-refractivity contribution is 6.31. The number of pyridine rings is 1. The van der Waals surface area contributed by atoms with Crippen LogP contribution in [0, 0.1) is 0 Å². The van der Waals surface area contributed by atoms with Crippen molar-refractivity contribution in [3.8, 4) is 11.3 Å². The van der Waals surface area contributed by atoms with E-state index in [1.165, 1.54) is 6.20 Å². The topological polar surface area (TPSA) is 58.9 Å². The fourth-order valence-electron chi connectivity index (χ4n) is 1.28. The molecule has 5 heteroatoms. The standard InChI is InChI=1S/C10H8ClN3O/c11-10-9(13-4-5-14-10)7-2-1-3-12-8(7)6-15/h1-5,15H,6H2. The minimum Gasteiger partial charge on any atom is -0.390 e. The summed E-state index contributed by atoms with van der Waals surface area (Å²) >= 11 is 5.90. The van der Waals surface area contributed by atoms with E-state index in [0.29, 0.717) is 22.1 Å². The van der Waals surface area contributed by atoms with Crippen molar-refractivity contribution in [2.45, 2.75) is 6.61 Å². The third kappa shape index (κ3) is 1.95. The second kappa shape index (κ2) is 4.33. The quantitative estimate of drug-likeness (QED) is 0.838. The number of hydrogen-bond acceptors (Lipinski definition) is 4. The lowest BCUT2D eigenvalue weighted by atomic mass is 10.1. The first-order chi connectivity index (χ1) is 7.33. The predicted molar refractivity (Wildman–Crippen MR) is 56.2 cm³/mol. The Morgan fingerprint density at radius 1 is 1.13 bits per heavy atom. The average molecular weight is 222 g/mol. The molecule has 0 saturated heterocycles. The van der Waals surface area contributed by atoms with Gasteiger partial charge in [-0.05, 0) is 12.1 Å². The number of hydrogen-bond donors (Lipinski definition) is 1. The highest BCUT2D eigenvalue weighted by Crippen LogP contribution is 2.25. The van der Waals surface area contributed by atoms with Crippen LogP contribution < -0.4 is 0 Å². The lowest BCUT2D eigenvalue weighted by Crippen LogP contribution is -1.96. The van der Waals surface area contributed by atoms with E-state index in [4.69, 9.17) is 16.7 Å². The summed E-state index contributed by atoms with van der Waals surface area (Å²) in [4.78, 5) is 12.1. The molecule has 0 atom stereocenters. The van der Waals surface area contributed by atoms with Crippen molar-refractivity contribution in [1.82, 2.24) is 15.0 Å². The van der Waals surface area contributed by atoms with Crippen molar-refractivity contribution < 1.29 is 5.11 Å². The molecule has 0 aliphatic carbocycles. The maximum atomic E-state index is 9.12. The third-order valence-electron chi connectivity index (χ3n) is 1.95. The predicted octanol–water partition coefficient (Wildman–Crippen LogP) is 1.68. The van der Waals surface area contributed by atoms with Crippen molar-refractivity contribution in [3.63, 3.8) is 0 Å². The van der Waals surface area contributed by atoms with Gasteiger partial charge in [0.1, 0.15) is 5.69 Å². The second-order valence-electron chi connectivity index (χ2n) is 2.85. The van der Waals surface area contributed by atoms with Crippen molar-refractivity contribution in [3.05, 3.63) is 41.6 Å². The number of aliphatic hydroxyl groups excluding tert-OH is 1. The Balaban J connectivity index is 2.59. The summed E-state index contributed by atoms with van der Waals surface area (Å²) in [5.41, 5.74) is 1.79. The van der Waals surface area contributed by atoms with Gasteiger partial charge in [-0.1, -0.05) is 11.6 Å². The molecule has 0 amide bonds. The van der Waals surface area contributed by atoms with E-state index < -0.39 is 0 Å². The van der Waals surface area contributed by atoms with Crippen molar-refractivity contribution in [2.24, 2.45) is 0 Å². The van der Waals surface area contributed by atoms with Gasteiger partial charge in [-0.25, -0.2) is 4.98 Å². The minimum absolute atomic E-state index is 0.150. The molecule has 0 unspecified atom stereocenters. The Hall–Kier alpha value is -1.52. The highest BCUT2D eigenvalue weighted by atomic mass is 35.5. The molecule has 0 radical (unpaired) electrons. The largest absolute Gasteiger partial charge is 0.390 e. The van der Waals surface area contributed by atoms with E-state index in [1.807, 2.05) is 0 Å². The van der Waals surface area contributed by atoms with Crippen LogP contribution in [0.15, 0.2) is 30.7 Å². The zero-order chi connectivity index (χ0) is 10.7. The van der Waals surface area contributed by atoms with Crippen molar-refractivity contribution in [2.75, 3.05) is 0 Å². The van der Waals surface area contributed by atoms with Gasteiger partial charge in [0, 0.05) is 24.2 Å². The van der Waals surface area contributed by atoms with E-state index in [-0.39, 0.29) is 6.61 Å². The Morgan fingerprint density at radius 3 is 2.67 bits per heavy atom. The lowest BCUT2D eigenvalue weighted by Gasteiger charge is -2.05. The molecule has 15 heavy (non-hydrogen) atoms. The number of halogens is 1. The van der Waals surface area contributed by atoms with Gasteiger partial charge in [-0.3, -0.25) is 9.97 Å². The molecular weight excluding hydrogens is 214 g/mol. The lowest BCUT2D eigenvalue weighted by molar-refractivity contribution is 0.277. The monoisotopic (exact) mass is 221 g/mol. The molecule has 2 rings (SSSR count). The molecular formula is C10H8ClN3O. The molecule has 2 aromatic rings. The Kier molecular flexibility index (Phi) is 2.89. The van der Waals surface area contributed by atoms with Crippen LogP contribution in [0.25, 0.3) is 11.3 Å². The third-order valence-corrected chi connectivity index (χ3v) is 2.23. The van der Waals surface area contributed by atoms with E-state index in [1.54, 1.807) is 24.5 Å². The summed E-state index contributed by atoms with van der Waals surface area (Å²) in [5.74, 6) is 0. The normalized spacial score (nSPS) is 10.3. The zero-order valence-electron chi connectivity index (χ0n) is 7.76. The molecule has 2 aromatic heterocycles. The van der Waals surface area contributed by atoms with Crippen LogP contribution in [0.1, 0.15) is 5.69 Å². The summed E-state index contributed by atoms with van der Waals surface area (Å²) < 4.78 is 0. The van der Waals surface area contributed by atoms with Crippen LogP contribution in [0.3, 0.4) is 0 Å². The number of aliphatic hydroxyl groups is 1. The minimum atomic E-state index is -0.150. The van der Waals surface area contributed by atoms with E-state index in [2.05, 4.69) is 15.0 Å². The maximum absolute atomic E-state index is 9.12. The number of nitrogens with zero attached hydrogens (tertiary/aromatic N) is 3. The van der Waals surface area contributed by atoms with Gasteiger partial charge in [0.05, 0.1) is 12.3 Å². The van der Waals surface area contributed by atoms with Crippen LogP contribution in [-0.4, -0.2) is 20.1 Å². The Labute approximate surface area is 91.6 Å². The van der Waals surface area contributed by atoms with Crippen LogP contribution in [-0.2, 0) is 6.61 Å². The van der Waals surface area contributed by atoms with E-state index in [9.17, 15) is 0 Å². The summed E-state index contributed by atoms with van der Waals surface area (Å²) in [6.07, 6.45) is 4.68. The van der Waals surface area contributed by atoms with Gasteiger partial charge in [0.15, 0.2) is 5.15 Å². The van der Waals surface area contributed by atoms with Gasteiger partial charge in [0.2, 0.25) is 0 Å². The Bertz CT molecular complexity index is 476. The first kappa shape index (κ1) is 10.0. The fraction of sp³-hybridized carbons (Fsp3) is 0.100. The van der Waals surface area contributed by atoms with Gasteiger partial charge in [-0.15, -0.1) is 0 Å². The van der Waals surface area contributed by atoms with Gasteiger partial charge in [0.25, 0.3) is 0 Å². The smallest absolute Gasteiger partial charge is 0.155 e. The molecule has 4 nitrogen and oxygen atoms in total. The molecule has 0 aromatic carbocycles. The first-order valence-corrected chi connectivity index (χ1v) is 4.72. The maximum Gasteiger partial charge on any atom is 0.155 e. The second-order valence-corrected chi connectivity index (χ2v) is 3.21. The molecule has 0 aliphatic rings. The van der Waals surface area contributed by atoms with Gasteiger partial charge < -0.3 is 5.11 Å². The molecule has 2 heterocycles. The molecule has 0 bridgehead atoms. The van der Waals surface area contributed by atoms with E-state index >= 15 is 0 Å². The molecule has 76 valence electrons. The van der Waals surface area contributed by atoms with Crippen LogP contribution in [0.2, 0.25) is 5.15 Å². The summed E-state index contributed by atoms with van der Waals surface area (Å²) in [6.45, 7) is -0.150. The molecule has 0 aliphatic heterocycles. The van der Waals surface area contributed by atoms with Crippen LogP contribution in [0.4, 0.5) is 0 Å². The molecule has 0 saturated carbocycles. The highest BCUT2D eigenvalue weighted by Gasteiger charge is 2.10. The summed E-state index contributed by atoms with van der Waals surface area (Å²) in [6, 6.07) is 3.56. The molecule has 1 N–H and O–H groups in total. The Morgan fingerprint density at radius 2 is 1.93 bits per heavy atom. The van der Waals surface area contributed by atoms with Crippen molar-refractivity contribution >= 4 is 11.6 Å². The average Bonchev–Trinajstić information content (AvgIpc) is 2.30.